The van der Waals surface area contributed by atoms with Crippen molar-refractivity contribution in [2.24, 2.45) is 17.1 Å². The first kappa shape index (κ1) is 8.06. The molecule has 0 saturated heterocycles. The number of nitrogens with two attached hydrogens (primary N) is 1. The fourth-order valence-electron chi connectivity index (χ4n) is 1.36. The Morgan fingerprint density at radius 2 is 1.90 bits per heavy atom. The molecular weight excluding hydrogens is 122 g/mol. The molecule has 0 spiro atoms. The van der Waals surface area contributed by atoms with Gasteiger partial charge in [0.25, 0.3) is 0 Å². The Labute approximate surface area is 64.0 Å². The smallest absolute Gasteiger partial charge is 0.00953 e. The highest BCUT2D eigenvalue weighted by molar-refractivity contribution is 4.97. The molecule has 0 aromatic heterocycles. The quantitative estimate of drug-likeness (QED) is 0.640. The Kier molecular flexibility index (Phi) is 2.04. The molecule has 1 saturated carbocycles. The predicted octanol–water partition coefficient (Wildman–Crippen LogP) is 2.16. The first-order valence-electron chi connectivity index (χ1n) is 4.30. The molecule has 1 aliphatic carbocycles. The third-order valence-corrected chi connectivity index (χ3v) is 2.66. The lowest BCUT2D eigenvalue weighted by Gasteiger charge is -2.20. The maximum absolute atomic E-state index is 6.01. The first-order chi connectivity index (χ1) is 4.54. The standard InChI is InChI=1S/C9H19N/c1-7(2)6-8(10)9(3)4-5-9/h7-8H,4-6,10H2,1-3H3. The van der Waals surface area contributed by atoms with Crippen LogP contribution in [-0.2, 0) is 0 Å². The van der Waals surface area contributed by atoms with E-state index < -0.39 is 0 Å². The van der Waals surface area contributed by atoms with Crippen molar-refractivity contribution in [1.29, 1.82) is 0 Å². The van der Waals surface area contributed by atoms with Crippen LogP contribution in [-0.4, -0.2) is 6.04 Å². The van der Waals surface area contributed by atoms with Gasteiger partial charge in [0.2, 0.25) is 0 Å². The highest BCUT2D eigenvalue weighted by Gasteiger charge is 2.42. The highest BCUT2D eigenvalue weighted by Crippen LogP contribution is 2.48. The largest absolute Gasteiger partial charge is 0.327 e. The zero-order valence-corrected chi connectivity index (χ0v) is 7.35. The second-order valence-corrected chi connectivity index (χ2v) is 4.39. The second-order valence-electron chi connectivity index (χ2n) is 4.39. The van der Waals surface area contributed by atoms with Crippen LogP contribution in [0.2, 0.25) is 0 Å². The summed E-state index contributed by atoms with van der Waals surface area (Å²) in [5, 5.41) is 0. The molecule has 1 heteroatoms. The summed E-state index contributed by atoms with van der Waals surface area (Å²) in [7, 11) is 0. The zero-order valence-electron chi connectivity index (χ0n) is 7.35. The van der Waals surface area contributed by atoms with Gasteiger partial charge in [0.1, 0.15) is 0 Å². The van der Waals surface area contributed by atoms with Gasteiger partial charge in [-0.1, -0.05) is 20.8 Å². The lowest BCUT2D eigenvalue weighted by atomic mass is 9.92. The van der Waals surface area contributed by atoms with E-state index in [1.165, 1.54) is 19.3 Å². The number of rotatable bonds is 3. The topological polar surface area (TPSA) is 26.0 Å². The van der Waals surface area contributed by atoms with Crippen molar-refractivity contribution < 1.29 is 0 Å². The molecule has 0 heterocycles. The minimum atomic E-state index is 0.451. The maximum atomic E-state index is 6.01. The molecule has 0 aromatic carbocycles. The summed E-state index contributed by atoms with van der Waals surface area (Å²) in [4.78, 5) is 0. The Morgan fingerprint density at radius 1 is 1.40 bits per heavy atom. The van der Waals surface area contributed by atoms with E-state index in [1.807, 2.05) is 0 Å². The van der Waals surface area contributed by atoms with Crippen molar-refractivity contribution >= 4 is 0 Å². The van der Waals surface area contributed by atoms with Crippen molar-refractivity contribution in [3.05, 3.63) is 0 Å². The predicted molar refractivity (Wildman–Crippen MR) is 44.8 cm³/mol. The monoisotopic (exact) mass is 141 g/mol. The van der Waals surface area contributed by atoms with Crippen molar-refractivity contribution in [3.63, 3.8) is 0 Å². The molecule has 1 rings (SSSR count). The Bertz CT molecular complexity index is 114. The highest BCUT2D eigenvalue weighted by atomic mass is 14.7. The van der Waals surface area contributed by atoms with Crippen LogP contribution in [0.15, 0.2) is 0 Å². The number of hydrogen-bond donors (Lipinski definition) is 1. The molecule has 10 heavy (non-hydrogen) atoms. The average Bonchev–Trinajstić information content (AvgIpc) is 2.47. The van der Waals surface area contributed by atoms with Gasteiger partial charge in [-0.2, -0.15) is 0 Å². The molecule has 0 bridgehead atoms. The van der Waals surface area contributed by atoms with Crippen LogP contribution in [0.5, 0.6) is 0 Å². The van der Waals surface area contributed by atoms with Gasteiger partial charge in [0.05, 0.1) is 0 Å². The Morgan fingerprint density at radius 3 is 2.20 bits per heavy atom. The summed E-state index contributed by atoms with van der Waals surface area (Å²) in [5.74, 6) is 0.757. The SMILES string of the molecule is CC(C)CC(N)C1(C)CC1. The minimum absolute atomic E-state index is 0.451. The van der Waals surface area contributed by atoms with Crippen LogP contribution >= 0.6 is 0 Å². The van der Waals surface area contributed by atoms with Gasteiger partial charge in [-0.25, -0.2) is 0 Å². The van der Waals surface area contributed by atoms with Gasteiger partial charge in [0, 0.05) is 6.04 Å². The van der Waals surface area contributed by atoms with E-state index in [0.29, 0.717) is 11.5 Å². The van der Waals surface area contributed by atoms with Gasteiger partial charge < -0.3 is 5.73 Å². The van der Waals surface area contributed by atoms with Gasteiger partial charge in [0.15, 0.2) is 0 Å². The van der Waals surface area contributed by atoms with Crippen LogP contribution in [0.1, 0.15) is 40.0 Å². The summed E-state index contributed by atoms with van der Waals surface area (Å²) >= 11 is 0. The van der Waals surface area contributed by atoms with Crippen molar-refractivity contribution in [3.8, 4) is 0 Å². The van der Waals surface area contributed by atoms with Crippen LogP contribution in [0, 0.1) is 11.3 Å². The summed E-state index contributed by atoms with van der Waals surface area (Å²) in [6, 6.07) is 0.451. The third-order valence-electron chi connectivity index (χ3n) is 2.66. The zero-order chi connectivity index (χ0) is 7.78. The summed E-state index contributed by atoms with van der Waals surface area (Å²) in [6.07, 6.45) is 3.89. The molecule has 2 N–H and O–H groups in total. The van der Waals surface area contributed by atoms with E-state index >= 15 is 0 Å². The molecule has 1 atom stereocenters. The van der Waals surface area contributed by atoms with Gasteiger partial charge >= 0.3 is 0 Å². The first-order valence-corrected chi connectivity index (χ1v) is 4.30. The molecule has 0 aliphatic heterocycles. The van der Waals surface area contributed by atoms with Crippen molar-refractivity contribution in [1.82, 2.24) is 0 Å². The van der Waals surface area contributed by atoms with E-state index in [9.17, 15) is 0 Å². The van der Waals surface area contributed by atoms with Crippen LogP contribution < -0.4 is 5.73 Å². The second kappa shape index (κ2) is 2.54. The van der Waals surface area contributed by atoms with Gasteiger partial charge in [-0.05, 0) is 30.6 Å². The van der Waals surface area contributed by atoms with E-state index in [2.05, 4.69) is 20.8 Å². The van der Waals surface area contributed by atoms with Crippen molar-refractivity contribution in [2.45, 2.75) is 46.1 Å². The third kappa shape index (κ3) is 1.72. The molecule has 0 amide bonds. The fourth-order valence-corrected chi connectivity index (χ4v) is 1.36. The molecular formula is C9H19N. The van der Waals surface area contributed by atoms with E-state index in [4.69, 9.17) is 5.73 Å². The van der Waals surface area contributed by atoms with Crippen LogP contribution in [0.3, 0.4) is 0 Å². The fraction of sp³-hybridized carbons (Fsp3) is 1.00. The molecule has 1 unspecified atom stereocenters. The van der Waals surface area contributed by atoms with Crippen LogP contribution in [0.4, 0.5) is 0 Å². The lowest BCUT2D eigenvalue weighted by Crippen LogP contribution is -2.30. The van der Waals surface area contributed by atoms with E-state index in [0.717, 1.165) is 5.92 Å². The molecule has 60 valence electrons. The van der Waals surface area contributed by atoms with E-state index in [1.54, 1.807) is 0 Å². The summed E-state index contributed by atoms with van der Waals surface area (Å²) < 4.78 is 0. The molecule has 0 radical (unpaired) electrons. The summed E-state index contributed by atoms with van der Waals surface area (Å²) in [5.41, 5.74) is 6.53. The molecule has 0 aromatic rings. The lowest BCUT2D eigenvalue weighted by molar-refractivity contribution is 0.367. The van der Waals surface area contributed by atoms with Gasteiger partial charge in [-0.15, -0.1) is 0 Å². The Balaban J connectivity index is 2.28. The minimum Gasteiger partial charge on any atom is -0.327 e. The normalized spacial score (nSPS) is 24.9. The average molecular weight is 141 g/mol. The number of hydrogen-bond acceptors (Lipinski definition) is 1. The molecule has 1 fully saturated rings. The van der Waals surface area contributed by atoms with Crippen LogP contribution in [0.25, 0.3) is 0 Å². The van der Waals surface area contributed by atoms with Crippen molar-refractivity contribution in [2.75, 3.05) is 0 Å². The molecule has 1 nitrogen and oxygen atoms in total. The maximum Gasteiger partial charge on any atom is 0.00953 e. The van der Waals surface area contributed by atoms with E-state index in [-0.39, 0.29) is 0 Å². The molecule has 1 aliphatic rings. The van der Waals surface area contributed by atoms with Gasteiger partial charge in [-0.3, -0.25) is 0 Å². The summed E-state index contributed by atoms with van der Waals surface area (Å²) in [6.45, 7) is 6.79. The Hall–Kier alpha value is -0.0400.